The molecule has 24 heavy (non-hydrogen) atoms. The second-order valence-corrected chi connectivity index (χ2v) is 5.46. The van der Waals surface area contributed by atoms with Crippen LogP contribution in [0.25, 0.3) is 0 Å². The molecule has 0 saturated heterocycles. The van der Waals surface area contributed by atoms with Crippen molar-refractivity contribution in [3.63, 3.8) is 0 Å². The molecule has 0 spiro atoms. The van der Waals surface area contributed by atoms with Gasteiger partial charge in [-0.2, -0.15) is 0 Å². The lowest BCUT2D eigenvalue weighted by Gasteiger charge is -2.30. The second kappa shape index (κ2) is 5.37. The Balaban J connectivity index is 2.30. The van der Waals surface area contributed by atoms with Crippen molar-refractivity contribution in [2.75, 3.05) is 5.32 Å². The van der Waals surface area contributed by atoms with Crippen LogP contribution in [-0.4, -0.2) is 25.4 Å². The number of carboxylic acids is 1. The summed E-state index contributed by atoms with van der Waals surface area (Å²) in [5, 5.41) is 23.5. The van der Waals surface area contributed by atoms with E-state index in [1.807, 2.05) is 0 Å². The maximum atomic E-state index is 12.0. The van der Waals surface area contributed by atoms with E-state index in [4.69, 9.17) is 0 Å². The number of carbonyl (C=O) groups is 1. The molecule has 1 atom stereocenters. The molecule has 9 nitrogen and oxygen atoms in total. The van der Waals surface area contributed by atoms with Crippen molar-refractivity contribution in [1.29, 1.82) is 0 Å². The number of nitro groups is 1. The number of hydrogen-bond acceptors (Lipinski definition) is 5. The molecule has 0 fully saturated rings. The fourth-order valence-electron chi connectivity index (χ4n) is 2.93. The molecule has 0 saturated carbocycles. The fraction of sp³-hybridized carbons (Fsp3) is 0.200. The van der Waals surface area contributed by atoms with Gasteiger partial charge in [-0.15, -0.1) is 0 Å². The molecule has 2 heterocycles. The molecule has 0 aliphatic carbocycles. The monoisotopic (exact) mass is 330 g/mol. The summed E-state index contributed by atoms with van der Waals surface area (Å²) in [5.74, 6) is -0.732. The van der Waals surface area contributed by atoms with Gasteiger partial charge in [-0.25, -0.2) is 4.79 Å². The normalized spacial score (nSPS) is 16.5. The van der Waals surface area contributed by atoms with Crippen LogP contribution in [0.5, 0.6) is 0 Å². The number of fused-ring (bicyclic) bond motifs is 1. The summed E-state index contributed by atoms with van der Waals surface area (Å²) in [6.07, 6.45) is 0. The van der Waals surface area contributed by atoms with Crippen LogP contribution in [0.1, 0.15) is 18.5 Å². The Hall–Kier alpha value is -3.36. The lowest BCUT2D eigenvalue weighted by Crippen LogP contribution is -2.32. The van der Waals surface area contributed by atoms with Crippen molar-refractivity contribution >= 4 is 17.5 Å². The third kappa shape index (κ3) is 2.26. The lowest BCUT2D eigenvalue weighted by molar-refractivity contribution is -0.384. The van der Waals surface area contributed by atoms with Gasteiger partial charge in [0, 0.05) is 30.9 Å². The molecule has 2 aromatic rings. The van der Waals surface area contributed by atoms with Gasteiger partial charge in [0.1, 0.15) is 11.9 Å². The predicted octanol–water partition coefficient (Wildman–Crippen LogP) is 1.47. The van der Waals surface area contributed by atoms with Crippen LogP contribution in [0.15, 0.2) is 46.4 Å². The number of carboxylic acid groups (broad SMARTS) is 1. The highest BCUT2D eigenvalue weighted by molar-refractivity contribution is 5.91. The number of nitro benzene ring substituents is 1. The summed E-state index contributed by atoms with van der Waals surface area (Å²) in [6, 6.07) is 6.25. The lowest BCUT2D eigenvalue weighted by atomic mass is 9.95. The van der Waals surface area contributed by atoms with Gasteiger partial charge in [0.2, 0.25) is 0 Å². The summed E-state index contributed by atoms with van der Waals surface area (Å²) in [7, 11) is 1.51. The fourth-order valence-corrected chi connectivity index (χ4v) is 2.93. The van der Waals surface area contributed by atoms with Gasteiger partial charge in [0.15, 0.2) is 0 Å². The maximum Gasteiger partial charge on any atom is 0.335 e. The molecule has 3 rings (SSSR count). The summed E-state index contributed by atoms with van der Waals surface area (Å²) in [4.78, 5) is 34.2. The number of rotatable bonds is 3. The van der Waals surface area contributed by atoms with Gasteiger partial charge >= 0.3 is 5.97 Å². The topological polar surface area (TPSA) is 119 Å². The second-order valence-electron chi connectivity index (χ2n) is 5.46. The number of benzene rings is 1. The number of anilines is 1. The molecule has 1 aliphatic heterocycles. The van der Waals surface area contributed by atoms with Crippen LogP contribution in [-0.2, 0) is 11.8 Å². The predicted molar refractivity (Wildman–Crippen MR) is 84.9 cm³/mol. The molecule has 1 unspecified atom stereocenters. The van der Waals surface area contributed by atoms with E-state index in [1.54, 1.807) is 13.0 Å². The quantitative estimate of drug-likeness (QED) is 0.649. The van der Waals surface area contributed by atoms with Crippen molar-refractivity contribution in [3.05, 3.63) is 67.6 Å². The highest BCUT2D eigenvalue weighted by Crippen LogP contribution is 2.36. The van der Waals surface area contributed by atoms with Crippen LogP contribution in [0.2, 0.25) is 0 Å². The van der Waals surface area contributed by atoms with Gasteiger partial charge in [-0.1, -0.05) is 12.1 Å². The van der Waals surface area contributed by atoms with Gasteiger partial charge in [-0.05, 0) is 12.5 Å². The Labute approximate surface area is 135 Å². The minimum atomic E-state index is -1.16. The van der Waals surface area contributed by atoms with Crippen LogP contribution in [0.4, 0.5) is 11.5 Å². The van der Waals surface area contributed by atoms with E-state index < -0.39 is 16.9 Å². The third-order valence-electron chi connectivity index (χ3n) is 4.01. The molecule has 0 bridgehead atoms. The molecule has 0 amide bonds. The molecule has 2 N–H and O–H groups in total. The zero-order chi connectivity index (χ0) is 17.6. The van der Waals surface area contributed by atoms with E-state index in [2.05, 4.69) is 5.32 Å². The zero-order valence-electron chi connectivity index (χ0n) is 12.9. The first-order valence-corrected chi connectivity index (χ1v) is 7.05. The van der Waals surface area contributed by atoms with Crippen molar-refractivity contribution in [3.8, 4) is 0 Å². The minimum absolute atomic E-state index is 0.0224. The SMILES string of the molecule is CC1=C(C(=O)O)C(c2cccc([N+](=O)[O-])c2)n2c(cc(=O)n2C)N1. The molecular weight excluding hydrogens is 316 g/mol. The number of hydrogen-bond donors (Lipinski definition) is 2. The van der Waals surface area contributed by atoms with Crippen molar-refractivity contribution < 1.29 is 14.8 Å². The van der Waals surface area contributed by atoms with E-state index in [0.29, 0.717) is 17.1 Å². The molecule has 1 aromatic heterocycles. The van der Waals surface area contributed by atoms with Crippen molar-refractivity contribution in [1.82, 2.24) is 9.36 Å². The highest BCUT2D eigenvalue weighted by atomic mass is 16.6. The number of nitrogens with zero attached hydrogens (tertiary/aromatic N) is 3. The van der Waals surface area contributed by atoms with E-state index in [-0.39, 0.29) is 16.8 Å². The maximum absolute atomic E-state index is 12.0. The minimum Gasteiger partial charge on any atom is -0.478 e. The molecule has 1 aromatic carbocycles. The molecule has 0 radical (unpaired) electrons. The molecule has 1 aliphatic rings. The van der Waals surface area contributed by atoms with Crippen molar-refractivity contribution in [2.45, 2.75) is 13.0 Å². The zero-order valence-corrected chi connectivity index (χ0v) is 12.9. The number of non-ortho nitro benzene ring substituents is 1. The summed E-state index contributed by atoms with van der Waals surface area (Å²) in [5.41, 5.74) is 0.355. The Bertz CT molecular complexity index is 953. The van der Waals surface area contributed by atoms with Crippen LogP contribution < -0.4 is 10.9 Å². The van der Waals surface area contributed by atoms with Crippen molar-refractivity contribution in [2.24, 2.45) is 7.05 Å². The first-order valence-electron chi connectivity index (χ1n) is 7.05. The molecule has 9 heteroatoms. The smallest absolute Gasteiger partial charge is 0.335 e. The average Bonchev–Trinajstić information content (AvgIpc) is 2.80. The molecule has 124 valence electrons. The largest absolute Gasteiger partial charge is 0.478 e. The Morgan fingerprint density at radius 2 is 2.08 bits per heavy atom. The van der Waals surface area contributed by atoms with Crippen LogP contribution in [0.3, 0.4) is 0 Å². The van der Waals surface area contributed by atoms with Gasteiger partial charge < -0.3 is 10.4 Å². The molecular formula is C15H14N4O5. The van der Waals surface area contributed by atoms with Crippen LogP contribution in [0, 0.1) is 10.1 Å². The third-order valence-corrected chi connectivity index (χ3v) is 4.01. The Morgan fingerprint density at radius 1 is 1.38 bits per heavy atom. The van der Waals surface area contributed by atoms with E-state index in [9.17, 15) is 24.8 Å². The number of nitrogens with one attached hydrogen (secondary N) is 1. The highest BCUT2D eigenvalue weighted by Gasteiger charge is 2.34. The average molecular weight is 330 g/mol. The first-order chi connectivity index (χ1) is 11.3. The number of aliphatic carboxylic acids is 1. The number of allylic oxidation sites excluding steroid dienone is 1. The standard InChI is InChI=1S/C15H14N4O5/c1-8-13(15(21)22)14(9-4-3-5-10(6-9)19(23)24)18-11(16-8)7-12(20)17(18)2/h3-7,14,16H,1-2H3,(H,21,22). The van der Waals surface area contributed by atoms with Crippen LogP contribution >= 0.6 is 0 Å². The van der Waals surface area contributed by atoms with Gasteiger partial charge in [-0.3, -0.25) is 24.3 Å². The summed E-state index contributed by atoms with van der Waals surface area (Å²) < 4.78 is 2.76. The van der Waals surface area contributed by atoms with E-state index in [1.165, 1.54) is 40.7 Å². The van der Waals surface area contributed by atoms with E-state index in [0.717, 1.165) is 0 Å². The summed E-state index contributed by atoms with van der Waals surface area (Å²) >= 11 is 0. The first kappa shape index (κ1) is 15.5. The van der Waals surface area contributed by atoms with Gasteiger partial charge in [0.25, 0.3) is 11.2 Å². The Morgan fingerprint density at radius 3 is 2.71 bits per heavy atom. The van der Waals surface area contributed by atoms with E-state index >= 15 is 0 Å². The summed E-state index contributed by atoms with van der Waals surface area (Å²) in [6.45, 7) is 1.59. The Kier molecular flexibility index (Phi) is 3.48. The number of aromatic nitrogens is 2. The van der Waals surface area contributed by atoms with Gasteiger partial charge in [0.05, 0.1) is 10.5 Å².